The molecule has 0 aromatic heterocycles. The molecule has 5 heteroatoms. The van der Waals surface area contributed by atoms with Gasteiger partial charge < -0.3 is 5.32 Å². The molecule has 0 radical (unpaired) electrons. The average Bonchev–Trinajstić information content (AvgIpc) is 2.62. The monoisotopic (exact) mass is 238 g/mol. The second-order valence-corrected chi connectivity index (χ2v) is 4.75. The van der Waals surface area contributed by atoms with Crippen LogP contribution in [0.15, 0.2) is 0 Å². The molecule has 1 aliphatic heterocycles. The van der Waals surface area contributed by atoms with E-state index in [1.54, 1.807) is 0 Å². The summed E-state index contributed by atoms with van der Waals surface area (Å²) in [4.78, 5) is 1.91. The fraction of sp³-hybridized carbons (Fsp3) is 1.00. The quantitative estimate of drug-likeness (QED) is 0.791. The Bertz CT molecular complexity index is 198. The van der Waals surface area contributed by atoms with Gasteiger partial charge in [-0.3, -0.25) is 4.90 Å². The first-order chi connectivity index (χ1) is 7.38. The molecule has 16 heavy (non-hydrogen) atoms. The Kier molecular flexibility index (Phi) is 5.05. The molecule has 2 nitrogen and oxygen atoms in total. The topological polar surface area (TPSA) is 15.3 Å². The minimum Gasteiger partial charge on any atom is -0.313 e. The van der Waals surface area contributed by atoms with Crippen molar-refractivity contribution < 1.29 is 13.2 Å². The number of nitrogens with zero attached hydrogens (tertiary/aromatic N) is 1. The van der Waals surface area contributed by atoms with E-state index in [4.69, 9.17) is 0 Å². The number of rotatable bonds is 5. The van der Waals surface area contributed by atoms with Crippen molar-refractivity contribution in [1.29, 1.82) is 0 Å². The molecular formula is C11H21F3N2. The zero-order valence-electron chi connectivity index (χ0n) is 9.98. The summed E-state index contributed by atoms with van der Waals surface area (Å²) in [6.45, 7) is 5.74. The molecule has 1 atom stereocenters. The molecule has 1 unspecified atom stereocenters. The summed E-state index contributed by atoms with van der Waals surface area (Å²) < 4.78 is 36.5. The summed E-state index contributed by atoms with van der Waals surface area (Å²) >= 11 is 0. The second-order valence-electron chi connectivity index (χ2n) is 4.75. The van der Waals surface area contributed by atoms with Crippen molar-refractivity contribution in [2.75, 3.05) is 19.6 Å². The molecule has 1 fully saturated rings. The number of hydrogen-bond donors (Lipinski definition) is 1. The molecule has 0 bridgehead atoms. The van der Waals surface area contributed by atoms with Crippen LogP contribution >= 0.6 is 0 Å². The van der Waals surface area contributed by atoms with E-state index in [0.717, 1.165) is 25.9 Å². The minimum absolute atomic E-state index is 0.110. The van der Waals surface area contributed by atoms with Gasteiger partial charge in [0.05, 0.1) is 6.42 Å². The lowest BCUT2D eigenvalue weighted by atomic mass is 10.2. The van der Waals surface area contributed by atoms with Crippen molar-refractivity contribution in [3.05, 3.63) is 0 Å². The van der Waals surface area contributed by atoms with Crippen molar-refractivity contribution in [2.24, 2.45) is 0 Å². The van der Waals surface area contributed by atoms with E-state index in [2.05, 4.69) is 5.32 Å². The third kappa shape index (κ3) is 5.16. The average molecular weight is 238 g/mol. The number of nitrogens with one attached hydrogen (secondary N) is 1. The van der Waals surface area contributed by atoms with Crippen LogP contribution < -0.4 is 5.32 Å². The summed E-state index contributed by atoms with van der Waals surface area (Å²) in [6, 6.07) is 0.542. The lowest BCUT2D eigenvalue weighted by Gasteiger charge is -2.29. The first kappa shape index (κ1) is 13.8. The van der Waals surface area contributed by atoms with Crippen LogP contribution in [-0.2, 0) is 0 Å². The summed E-state index contributed by atoms with van der Waals surface area (Å²) in [5, 5.41) is 3.32. The molecule has 1 saturated heterocycles. The SMILES string of the molecule is CC(C)N(CCC(F)(F)F)CC1CCCN1. The largest absolute Gasteiger partial charge is 0.390 e. The lowest BCUT2D eigenvalue weighted by molar-refractivity contribution is -0.138. The molecule has 0 aromatic rings. The van der Waals surface area contributed by atoms with Crippen LogP contribution in [0.5, 0.6) is 0 Å². The maximum Gasteiger partial charge on any atom is 0.390 e. The Hall–Kier alpha value is -0.290. The molecule has 0 spiro atoms. The van der Waals surface area contributed by atoms with Crippen LogP contribution in [0.2, 0.25) is 0 Å². The van der Waals surface area contributed by atoms with E-state index >= 15 is 0 Å². The maximum absolute atomic E-state index is 12.2. The van der Waals surface area contributed by atoms with Crippen LogP contribution in [0, 0.1) is 0 Å². The standard InChI is InChI=1S/C11H21F3N2/c1-9(2)16(7-5-11(12,13)14)8-10-4-3-6-15-10/h9-10,15H,3-8H2,1-2H3. The molecule has 96 valence electrons. The highest BCUT2D eigenvalue weighted by Crippen LogP contribution is 2.21. The van der Waals surface area contributed by atoms with E-state index in [-0.39, 0.29) is 12.6 Å². The van der Waals surface area contributed by atoms with Gasteiger partial charge in [-0.1, -0.05) is 0 Å². The maximum atomic E-state index is 12.2. The Balaban J connectivity index is 2.35. The van der Waals surface area contributed by atoms with Gasteiger partial charge in [-0.2, -0.15) is 13.2 Å². The zero-order valence-corrected chi connectivity index (χ0v) is 9.98. The number of hydrogen-bond acceptors (Lipinski definition) is 2. The fourth-order valence-corrected chi connectivity index (χ4v) is 2.03. The van der Waals surface area contributed by atoms with Crippen molar-refractivity contribution in [3.8, 4) is 0 Å². The van der Waals surface area contributed by atoms with Gasteiger partial charge in [-0.15, -0.1) is 0 Å². The van der Waals surface area contributed by atoms with Gasteiger partial charge in [-0.25, -0.2) is 0 Å². The smallest absolute Gasteiger partial charge is 0.313 e. The van der Waals surface area contributed by atoms with E-state index in [1.807, 2.05) is 18.7 Å². The first-order valence-electron chi connectivity index (χ1n) is 5.92. The molecule has 1 N–H and O–H groups in total. The Morgan fingerprint density at radius 1 is 1.38 bits per heavy atom. The van der Waals surface area contributed by atoms with Gasteiger partial charge in [0.25, 0.3) is 0 Å². The van der Waals surface area contributed by atoms with Crippen LogP contribution in [0.3, 0.4) is 0 Å². The highest BCUT2D eigenvalue weighted by atomic mass is 19.4. The Labute approximate surface area is 95.2 Å². The third-order valence-electron chi connectivity index (χ3n) is 3.03. The Morgan fingerprint density at radius 3 is 2.50 bits per heavy atom. The predicted molar refractivity (Wildman–Crippen MR) is 58.4 cm³/mol. The van der Waals surface area contributed by atoms with E-state index in [0.29, 0.717) is 6.04 Å². The molecule has 0 aliphatic carbocycles. The molecular weight excluding hydrogens is 217 g/mol. The van der Waals surface area contributed by atoms with Gasteiger partial charge in [0, 0.05) is 25.2 Å². The molecule has 0 aromatic carbocycles. The van der Waals surface area contributed by atoms with E-state index < -0.39 is 12.6 Å². The number of halogens is 3. The minimum atomic E-state index is -4.05. The number of alkyl halides is 3. The van der Waals surface area contributed by atoms with E-state index in [1.165, 1.54) is 0 Å². The molecule has 1 aliphatic rings. The van der Waals surface area contributed by atoms with Crippen molar-refractivity contribution >= 4 is 0 Å². The first-order valence-corrected chi connectivity index (χ1v) is 5.92. The van der Waals surface area contributed by atoms with Crippen LogP contribution in [0.1, 0.15) is 33.1 Å². The van der Waals surface area contributed by atoms with Gasteiger partial charge in [0.1, 0.15) is 0 Å². The highest BCUT2D eigenvalue weighted by molar-refractivity contribution is 4.79. The normalized spacial score (nSPS) is 22.3. The summed E-state index contributed by atoms with van der Waals surface area (Å²) in [5.41, 5.74) is 0. The van der Waals surface area contributed by atoms with E-state index in [9.17, 15) is 13.2 Å². The van der Waals surface area contributed by atoms with Crippen molar-refractivity contribution in [3.63, 3.8) is 0 Å². The molecule has 0 saturated carbocycles. The molecule has 1 heterocycles. The van der Waals surface area contributed by atoms with Gasteiger partial charge >= 0.3 is 6.18 Å². The summed E-state index contributed by atoms with van der Waals surface area (Å²) in [6.07, 6.45) is -2.54. The van der Waals surface area contributed by atoms with Crippen molar-refractivity contribution in [2.45, 2.75) is 51.4 Å². The zero-order chi connectivity index (χ0) is 12.2. The van der Waals surface area contributed by atoms with Crippen molar-refractivity contribution in [1.82, 2.24) is 10.2 Å². The summed E-state index contributed by atoms with van der Waals surface area (Å²) in [5.74, 6) is 0. The van der Waals surface area contributed by atoms with Gasteiger partial charge in [0.15, 0.2) is 0 Å². The third-order valence-corrected chi connectivity index (χ3v) is 3.03. The predicted octanol–water partition coefficient (Wildman–Crippen LogP) is 2.40. The lowest BCUT2D eigenvalue weighted by Crippen LogP contribution is -2.42. The fourth-order valence-electron chi connectivity index (χ4n) is 2.03. The van der Waals surface area contributed by atoms with Gasteiger partial charge in [-0.05, 0) is 33.2 Å². The molecule has 1 rings (SSSR count). The second kappa shape index (κ2) is 5.87. The van der Waals surface area contributed by atoms with Gasteiger partial charge in [0.2, 0.25) is 0 Å². The summed E-state index contributed by atoms with van der Waals surface area (Å²) in [7, 11) is 0. The van der Waals surface area contributed by atoms with Crippen LogP contribution in [0.4, 0.5) is 13.2 Å². The molecule has 0 amide bonds. The van der Waals surface area contributed by atoms with Crippen LogP contribution in [-0.4, -0.2) is 42.8 Å². The van der Waals surface area contributed by atoms with Crippen LogP contribution in [0.25, 0.3) is 0 Å². The highest BCUT2D eigenvalue weighted by Gasteiger charge is 2.29. The Morgan fingerprint density at radius 2 is 2.06 bits per heavy atom.